The molecule has 0 atom stereocenters. The lowest BCUT2D eigenvalue weighted by Crippen LogP contribution is -2.42. The van der Waals surface area contributed by atoms with E-state index < -0.39 is 5.60 Å². The Morgan fingerprint density at radius 3 is 2.50 bits per heavy atom. The number of nitrogens with zero attached hydrogens (tertiary/aromatic N) is 3. The normalized spacial score (nSPS) is 18.2. The summed E-state index contributed by atoms with van der Waals surface area (Å²) >= 11 is 0. The van der Waals surface area contributed by atoms with Crippen molar-refractivity contribution in [3.05, 3.63) is 11.6 Å². The van der Waals surface area contributed by atoms with Crippen molar-refractivity contribution < 1.29 is 9.90 Å². The molecule has 112 valence electrons. The highest BCUT2D eigenvalue weighted by molar-refractivity contribution is 5.90. The van der Waals surface area contributed by atoms with Crippen LogP contribution in [0.15, 0.2) is 0 Å². The summed E-state index contributed by atoms with van der Waals surface area (Å²) in [4.78, 5) is 18.1. The fourth-order valence-corrected chi connectivity index (χ4v) is 2.57. The SMILES string of the molecule is CN(CC1(O)CCCC1)C(=O)c1n[nH]c(C(C)(C)C)n1. The number of amides is 1. The average Bonchev–Trinajstić information content (AvgIpc) is 2.96. The molecule has 0 aromatic carbocycles. The van der Waals surface area contributed by atoms with E-state index in [1.165, 1.54) is 4.90 Å². The molecule has 2 rings (SSSR count). The minimum absolute atomic E-state index is 0.166. The largest absolute Gasteiger partial charge is 0.388 e. The van der Waals surface area contributed by atoms with Gasteiger partial charge >= 0.3 is 0 Å². The summed E-state index contributed by atoms with van der Waals surface area (Å²) in [6, 6.07) is 0. The lowest BCUT2D eigenvalue weighted by Gasteiger charge is -2.27. The molecule has 2 N–H and O–H groups in total. The zero-order chi connectivity index (χ0) is 15.0. The maximum absolute atomic E-state index is 12.3. The van der Waals surface area contributed by atoms with Gasteiger partial charge in [-0.2, -0.15) is 0 Å². The summed E-state index contributed by atoms with van der Waals surface area (Å²) in [5.41, 5.74) is -0.915. The Bertz CT molecular complexity index is 484. The number of carbonyl (C=O) groups excluding carboxylic acids is 1. The molecule has 1 saturated carbocycles. The molecule has 0 unspecified atom stereocenters. The van der Waals surface area contributed by atoms with Crippen LogP contribution < -0.4 is 0 Å². The van der Waals surface area contributed by atoms with E-state index in [0.29, 0.717) is 12.4 Å². The van der Waals surface area contributed by atoms with E-state index in [1.807, 2.05) is 20.8 Å². The van der Waals surface area contributed by atoms with Crippen LogP contribution in [-0.4, -0.2) is 50.3 Å². The average molecular weight is 280 g/mol. The number of aromatic nitrogens is 3. The summed E-state index contributed by atoms with van der Waals surface area (Å²) in [5.74, 6) is 0.602. The molecule has 0 radical (unpaired) electrons. The Morgan fingerprint density at radius 1 is 1.40 bits per heavy atom. The van der Waals surface area contributed by atoms with Crippen molar-refractivity contribution in [2.45, 2.75) is 57.5 Å². The number of H-pyrrole nitrogens is 1. The van der Waals surface area contributed by atoms with Crippen LogP contribution in [0.4, 0.5) is 0 Å². The topological polar surface area (TPSA) is 82.1 Å². The van der Waals surface area contributed by atoms with Crippen molar-refractivity contribution >= 4 is 5.91 Å². The molecule has 0 saturated heterocycles. The molecule has 1 fully saturated rings. The van der Waals surface area contributed by atoms with E-state index in [4.69, 9.17) is 0 Å². The van der Waals surface area contributed by atoms with Crippen molar-refractivity contribution in [2.75, 3.05) is 13.6 Å². The van der Waals surface area contributed by atoms with E-state index in [1.54, 1.807) is 7.05 Å². The summed E-state index contributed by atoms with van der Waals surface area (Å²) < 4.78 is 0. The van der Waals surface area contributed by atoms with Crippen LogP contribution in [0, 0.1) is 0 Å². The number of likely N-dealkylation sites (N-methyl/N-ethyl adjacent to an activating group) is 1. The smallest absolute Gasteiger partial charge is 0.293 e. The van der Waals surface area contributed by atoms with Gasteiger partial charge in [0, 0.05) is 19.0 Å². The molecule has 1 aliphatic carbocycles. The van der Waals surface area contributed by atoms with Gasteiger partial charge in [-0.05, 0) is 12.8 Å². The Hall–Kier alpha value is -1.43. The second-order valence-corrected chi connectivity index (χ2v) is 6.85. The highest BCUT2D eigenvalue weighted by Gasteiger charge is 2.34. The van der Waals surface area contributed by atoms with Crippen LogP contribution in [0.3, 0.4) is 0 Å². The van der Waals surface area contributed by atoms with E-state index in [2.05, 4.69) is 15.2 Å². The predicted octanol–water partition coefficient (Wildman–Crippen LogP) is 1.48. The highest BCUT2D eigenvalue weighted by Crippen LogP contribution is 2.30. The third kappa shape index (κ3) is 3.17. The lowest BCUT2D eigenvalue weighted by atomic mass is 9.96. The molecule has 6 nitrogen and oxygen atoms in total. The van der Waals surface area contributed by atoms with Crippen LogP contribution in [-0.2, 0) is 5.41 Å². The number of rotatable bonds is 3. The summed E-state index contributed by atoms with van der Waals surface area (Å²) in [7, 11) is 1.69. The third-order valence-corrected chi connectivity index (χ3v) is 3.80. The minimum atomic E-state index is -0.742. The Balaban J connectivity index is 2.05. The molecular formula is C14H24N4O2. The molecule has 0 bridgehead atoms. The van der Waals surface area contributed by atoms with Crippen molar-refractivity contribution in [2.24, 2.45) is 0 Å². The zero-order valence-electron chi connectivity index (χ0n) is 12.7. The molecule has 6 heteroatoms. The fourth-order valence-electron chi connectivity index (χ4n) is 2.57. The first-order chi connectivity index (χ1) is 9.21. The van der Waals surface area contributed by atoms with Crippen molar-refractivity contribution in [3.8, 4) is 0 Å². The molecule has 1 aromatic rings. The van der Waals surface area contributed by atoms with E-state index in [9.17, 15) is 9.90 Å². The molecule has 1 heterocycles. The first kappa shape index (κ1) is 15.0. The van der Waals surface area contributed by atoms with E-state index >= 15 is 0 Å². The fraction of sp³-hybridized carbons (Fsp3) is 0.786. The monoisotopic (exact) mass is 280 g/mol. The van der Waals surface area contributed by atoms with Gasteiger partial charge < -0.3 is 10.0 Å². The van der Waals surface area contributed by atoms with Gasteiger partial charge in [0.1, 0.15) is 5.82 Å². The molecule has 0 spiro atoms. The third-order valence-electron chi connectivity index (χ3n) is 3.80. The Labute approximate surface area is 119 Å². The number of aromatic amines is 1. The van der Waals surface area contributed by atoms with Crippen LogP contribution in [0.1, 0.15) is 62.9 Å². The first-order valence-electron chi connectivity index (χ1n) is 7.12. The van der Waals surface area contributed by atoms with Gasteiger partial charge in [-0.1, -0.05) is 33.6 Å². The van der Waals surface area contributed by atoms with Gasteiger partial charge in [0.2, 0.25) is 5.82 Å². The minimum Gasteiger partial charge on any atom is -0.388 e. The second kappa shape index (κ2) is 5.16. The highest BCUT2D eigenvalue weighted by atomic mass is 16.3. The van der Waals surface area contributed by atoms with Crippen molar-refractivity contribution in [1.29, 1.82) is 0 Å². The summed E-state index contributed by atoms with van der Waals surface area (Å²) in [6.07, 6.45) is 3.55. The second-order valence-electron chi connectivity index (χ2n) is 6.85. The number of hydrogen-bond donors (Lipinski definition) is 2. The molecule has 1 aromatic heterocycles. The molecular weight excluding hydrogens is 256 g/mol. The Morgan fingerprint density at radius 2 is 2.00 bits per heavy atom. The Kier molecular flexibility index (Phi) is 3.86. The van der Waals surface area contributed by atoms with Gasteiger partial charge in [-0.25, -0.2) is 4.98 Å². The summed E-state index contributed by atoms with van der Waals surface area (Å²) in [5, 5.41) is 17.2. The number of aliphatic hydroxyl groups is 1. The van der Waals surface area contributed by atoms with Gasteiger partial charge in [0.15, 0.2) is 0 Å². The predicted molar refractivity (Wildman–Crippen MR) is 75.5 cm³/mol. The maximum Gasteiger partial charge on any atom is 0.293 e. The van der Waals surface area contributed by atoms with Crippen LogP contribution >= 0.6 is 0 Å². The van der Waals surface area contributed by atoms with Gasteiger partial charge in [0.25, 0.3) is 5.91 Å². The molecule has 20 heavy (non-hydrogen) atoms. The number of nitrogens with one attached hydrogen (secondary N) is 1. The first-order valence-corrected chi connectivity index (χ1v) is 7.12. The van der Waals surface area contributed by atoms with E-state index in [-0.39, 0.29) is 17.1 Å². The molecule has 0 aliphatic heterocycles. The summed E-state index contributed by atoms with van der Waals surface area (Å²) in [6.45, 7) is 6.36. The molecule has 1 amide bonds. The van der Waals surface area contributed by atoms with Gasteiger partial charge in [-0.3, -0.25) is 9.89 Å². The van der Waals surface area contributed by atoms with Crippen LogP contribution in [0.5, 0.6) is 0 Å². The van der Waals surface area contributed by atoms with Crippen molar-refractivity contribution in [1.82, 2.24) is 20.1 Å². The van der Waals surface area contributed by atoms with Gasteiger partial charge in [0.05, 0.1) is 5.60 Å². The zero-order valence-corrected chi connectivity index (χ0v) is 12.7. The quantitative estimate of drug-likeness (QED) is 0.878. The van der Waals surface area contributed by atoms with Crippen LogP contribution in [0.2, 0.25) is 0 Å². The van der Waals surface area contributed by atoms with Crippen molar-refractivity contribution in [3.63, 3.8) is 0 Å². The van der Waals surface area contributed by atoms with Crippen LogP contribution in [0.25, 0.3) is 0 Å². The number of carbonyl (C=O) groups is 1. The standard InChI is InChI=1S/C14H24N4O2/c1-13(2,3)12-15-10(16-17-12)11(19)18(4)9-14(20)7-5-6-8-14/h20H,5-9H2,1-4H3,(H,15,16,17). The molecule has 1 aliphatic rings. The lowest BCUT2D eigenvalue weighted by molar-refractivity contribution is 0.0153. The van der Waals surface area contributed by atoms with Gasteiger partial charge in [-0.15, -0.1) is 5.10 Å². The maximum atomic E-state index is 12.3. The van der Waals surface area contributed by atoms with E-state index in [0.717, 1.165) is 25.7 Å². The number of hydrogen-bond acceptors (Lipinski definition) is 4.